The summed E-state index contributed by atoms with van der Waals surface area (Å²) in [6.45, 7) is 0.116. The van der Waals surface area contributed by atoms with Gasteiger partial charge in [0.05, 0.1) is 5.69 Å². The van der Waals surface area contributed by atoms with Gasteiger partial charge in [0.15, 0.2) is 5.82 Å². The summed E-state index contributed by atoms with van der Waals surface area (Å²) >= 11 is 0. The van der Waals surface area contributed by atoms with E-state index in [9.17, 15) is 4.79 Å². The summed E-state index contributed by atoms with van der Waals surface area (Å²) in [5.74, 6) is 0.400. The topological polar surface area (TPSA) is 58.5 Å². The third-order valence-corrected chi connectivity index (χ3v) is 2.67. The number of carbonyl (C=O) groups excluding carboxylic acids is 1. The summed E-state index contributed by atoms with van der Waals surface area (Å²) in [6.07, 6.45) is 3.29. The van der Waals surface area contributed by atoms with Gasteiger partial charge in [-0.3, -0.25) is 14.7 Å². The monoisotopic (exact) mass is 238 g/mol. The van der Waals surface area contributed by atoms with Crippen molar-refractivity contribution < 1.29 is 4.79 Å². The zero-order valence-electron chi connectivity index (χ0n) is 9.52. The highest BCUT2D eigenvalue weighted by molar-refractivity contribution is 6.07. The molecule has 0 saturated carbocycles. The predicted molar refractivity (Wildman–Crippen MR) is 68.1 cm³/mol. The van der Waals surface area contributed by atoms with Crippen molar-refractivity contribution in [2.75, 3.05) is 11.4 Å². The van der Waals surface area contributed by atoms with Gasteiger partial charge in [-0.1, -0.05) is 18.2 Å². The minimum atomic E-state index is -0.114. The fraction of sp³-hybridized carbons (Fsp3) is 0.0769. The molecule has 0 radical (unpaired) electrons. The van der Waals surface area contributed by atoms with Gasteiger partial charge in [-0.2, -0.15) is 5.10 Å². The van der Waals surface area contributed by atoms with Crippen molar-refractivity contribution in [3.8, 4) is 0 Å². The second kappa shape index (κ2) is 4.37. The van der Waals surface area contributed by atoms with E-state index in [0.29, 0.717) is 5.82 Å². The summed E-state index contributed by atoms with van der Waals surface area (Å²) in [7, 11) is 0. The van der Waals surface area contributed by atoms with Gasteiger partial charge in [0.2, 0.25) is 0 Å². The molecule has 18 heavy (non-hydrogen) atoms. The SMILES string of the molecule is O=C1CN=Cc2ccccc2N1c1cccnn1. The Labute approximate surface area is 104 Å². The molecule has 3 rings (SSSR count). The van der Waals surface area contributed by atoms with Crippen molar-refractivity contribution in [2.45, 2.75) is 0 Å². The van der Waals surface area contributed by atoms with E-state index >= 15 is 0 Å². The first-order valence-electron chi connectivity index (χ1n) is 5.56. The van der Waals surface area contributed by atoms with Crippen LogP contribution in [0.5, 0.6) is 0 Å². The first-order valence-corrected chi connectivity index (χ1v) is 5.56. The number of benzene rings is 1. The van der Waals surface area contributed by atoms with Gasteiger partial charge < -0.3 is 0 Å². The molecule has 0 unspecified atom stereocenters. The van der Waals surface area contributed by atoms with Crippen molar-refractivity contribution >= 4 is 23.6 Å². The first-order chi connectivity index (χ1) is 8.86. The van der Waals surface area contributed by atoms with Crippen LogP contribution in [0.3, 0.4) is 0 Å². The molecule has 0 aliphatic carbocycles. The third-order valence-electron chi connectivity index (χ3n) is 2.67. The number of aliphatic imine (C=N–C) groups is 1. The van der Waals surface area contributed by atoms with E-state index in [4.69, 9.17) is 0 Å². The number of amides is 1. The Morgan fingerprint density at radius 3 is 2.83 bits per heavy atom. The van der Waals surface area contributed by atoms with E-state index < -0.39 is 0 Å². The number of rotatable bonds is 1. The molecular weight excluding hydrogens is 228 g/mol. The predicted octanol–water partition coefficient (Wildman–Crippen LogP) is 1.57. The lowest BCUT2D eigenvalue weighted by Crippen LogP contribution is -2.28. The van der Waals surface area contributed by atoms with Crippen LogP contribution in [0.4, 0.5) is 11.5 Å². The van der Waals surface area contributed by atoms with Crippen LogP contribution in [0.2, 0.25) is 0 Å². The lowest BCUT2D eigenvalue weighted by atomic mass is 10.1. The summed E-state index contributed by atoms with van der Waals surface area (Å²) < 4.78 is 0. The highest BCUT2D eigenvalue weighted by Gasteiger charge is 2.22. The number of para-hydroxylation sites is 1. The lowest BCUT2D eigenvalue weighted by molar-refractivity contribution is -0.116. The van der Waals surface area contributed by atoms with Gasteiger partial charge >= 0.3 is 0 Å². The molecule has 1 amide bonds. The number of benzodiazepines with no additional fused rings is 1. The number of carbonyl (C=O) groups is 1. The van der Waals surface area contributed by atoms with E-state index in [-0.39, 0.29) is 12.5 Å². The molecule has 5 heteroatoms. The van der Waals surface area contributed by atoms with Gasteiger partial charge in [-0.05, 0) is 18.2 Å². The summed E-state index contributed by atoms with van der Waals surface area (Å²) in [5.41, 5.74) is 1.68. The second-order valence-corrected chi connectivity index (χ2v) is 3.84. The standard InChI is InChI=1S/C13H10N4O/c18-13-9-14-8-10-4-1-2-5-11(10)17(13)12-6-3-7-15-16-12/h1-8H,9H2. The molecule has 0 N–H and O–H groups in total. The molecule has 1 aromatic heterocycles. The summed E-state index contributed by atoms with van der Waals surface area (Å²) in [6, 6.07) is 11.1. The van der Waals surface area contributed by atoms with Gasteiger partial charge in [0.25, 0.3) is 5.91 Å². The average Bonchev–Trinajstić information content (AvgIpc) is 2.58. The fourth-order valence-corrected chi connectivity index (χ4v) is 1.89. The number of anilines is 2. The van der Waals surface area contributed by atoms with Gasteiger partial charge in [-0.25, -0.2) is 0 Å². The molecule has 2 aromatic rings. The summed E-state index contributed by atoms with van der Waals surface area (Å²) in [5, 5.41) is 7.81. The lowest BCUT2D eigenvalue weighted by Gasteiger charge is -2.20. The average molecular weight is 238 g/mol. The molecule has 0 atom stereocenters. The highest BCUT2D eigenvalue weighted by Crippen LogP contribution is 2.27. The third kappa shape index (κ3) is 1.75. The maximum Gasteiger partial charge on any atom is 0.254 e. The van der Waals surface area contributed by atoms with E-state index in [1.165, 1.54) is 0 Å². The zero-order valence-corrected chi connectivity index (χ0v) is 9.52. The Kier molecular flexibility index (Phi) is 2.57. The van der Waals surface area contributed by atoms with Gasteiger partial charge in [0.1, 0.15) is 6.54 Å². The minimum Gasteiger partial charge on any atom is -0.283 e. The van der Waals surface area contributed by atoms with Crippen molar-refractivity contribution in [3.05, 3.63) is 48.2 Å². The number of hydrogen-bond acceptors (Lipinski definition) is 4. The zero-order chi connectivity index (χ0) is 12.4. The fourth-order valence-electron chi connectivity index (χ4n) is 1.89. The maximum absolute atomic E-state index is 12.1. The summed E-state index contributed by atoms with van der Waals surface area (Å²) in [4.78, 5) is 17.8. The van der Waals surface area contributed by atoms with Crippen LogP contribution in [-0.4, -0.2) is 28.9 Å². The molecular formula is C13H10N4O. The van der Waals surface area contributed by atoms with Crippen molar-refractivity contribution in [1.29, 1.82) is 0 Å². The second-order valence-electron chi connectivity index (χ2n) is 3.84. The van der Waals surface area contributed by atoms with Gasteiger partial charge in [-0.15, -0.1) is 5.10 Å². The molecule has 1 aromatic carbocycles. The largest absolute Gasteiger partial charge is 0.283 e. The van der Waals surface area contributed by atoms with E-state index in [1.54, 1.807) is 29.4 Å². The van der Waals surface area contributed by atoms with Crippen molar-refractivity contribution in [2.24, 2.45) is 4.99 Å². The quantitative estimate of drug-likeness (QED) is 0.757. The van der Waals surface area contributed by atoms with Gasteiger partial charge in [0, 0.05) is 18.0 Å². The Morgan fingerprint density at radius 1 is 1.11 bits per heavy atom. The Balaban J connectivity index is 2.17. The van der Waals surface area contributed by atoms with Crippen LogP contribution in [0.15, 0.2) is 47.6 Å². The van der Waals surface area contributed by atoms with Crippen molar-refractivity contribution in [1.82, 2.24) is 10.2 Å². The van der Waals surface area contributed by atoms with Crippen LogP contribution in [0.25, 0.3) is 0 Å². The molecule has 0 saturated heterocycles. The minimum absolute atomic E-state index is 0.114. The molecule has 5 nitrogen and oxygen atoms in total. The van der Waals surface area contributed by atoms with Crippen LogP contribution < -0.4 is 4.90 Å². The van der Waals surface area contributed by atoms with Crippen molar-refractivity contribution in [3.63, 3.8) is 0 Å². The molecule has 88 valence electrons. The van der Waals surface area contributed by atoms with E-state index in [2.05, 4.69) is 15.2 Å². The van der Waals surface area contributed by atoms with Crippen LogP contribution in [-0.2, 0) is 4.79 Å². The number of fused-ring (bicyclic) bond motifs is 1. The molecule has 0 bridgehead atoms. The van der Waals surface area contributed by atoms with Crippen LogP contribution in [0.1, 0.15) is 5.56 Å². The van der Waals surface area contributed by atoms with Crippen LogP contribution >= 0.6 is 0 Å². The number of hydrogen-bond donors (Lipinski definition) is 0. The van der Waals surface area contributed by atoms with Crippen LogP contribution in [0, 0.1) is 0 Å². The first kappa shape index (κ1) is 10.6. The highest BCUT2D eigenvalue weighted by atomic mass is 16.2. The molecule has 0 spiro atoms. The Bertz CT molecular complexity index is 609. The smallest absolute Gasteiger partial charge is 0.254 e. The normalized spacial score (nSPS) is 14.2. The van der Waals surface area contributed by atoms with E-state index in [0.717, 1.165) is 11.3 Å². The molecule has 0 fully saturated rings. The maximum atomic E-state index is 12.1. The number of nitrogens with zero attached hydrogens (tertiary/aromatic N) is 4. The number of aromatic nitrogens is 2. The molecule has 1 aliphatic rings. The Morgan fingerprint density at radius 2 is 2.00 bits per heavy atom. The molecule has 1 aliphatic heterocycles. The van der Waals surface area contributed by atoms with E-state index in [1.807, 2.05) is 24.3 Å². The molecule has 2 heterocycles. The Hall–Kier alpha value is -2.56.